The third kappa shape index (κ3) is 4.23. The van der Waals surface area contributed by atoms with Crippen LogP contribution in [0.3, 0.4) is 0 Å². The molecule has 0 spiro atoms. The Hall–Kier alpha value is -3.12. The topological polar surface area (TPSA) is 0 Å². The minimum Gasteiger partial charge on any atom is -0.0949 e. The molecular weight excluding hydrogens is 408 g/mol. The van der Waals surface area contributed by atoms with Crippen LogP contribution in [0, 0.1) is 5.92 Å². The first-order valence-corrected chi connectivity index (χ1v) is 13.1. The molecule has 34 heavy (non-hydrogen) atoms. The van der Waals surface area contributed by atoms with Gasteiger partial charge in [0.2, 0.25) is 0 Å². The van der Waals surface area contributed by atoms with Crippen molar-refractivity contribution in [2.45, 2.75) is 57.8 Å². The van der Waals surface area contributed by atoms with Crippen LogP contribution in [-0.4, -0.2) is 0 Å². The fraction of sp³-hybridized carbons (Fsp3) is 0.294. The summed E-state index contributed by atoms with van der Waals surface area (Å²) in [6.07, 6.45) is 18.7. The van der Waals surface area contributed by atoms with Crippen molar-refractivity contribution in [3.63, 3.8) is 0 Å². The Bertz CT molecular complexity index is 1330. The highest BCUT2D eigenvalue weighted by Gasteiger charge is 2.22. The molecule has 0 heterocycles. The molecule has 0 bridgehead atoms. The summed E-state index contributed by atoms with van der Waals surface area (Å²) < 4.78 is 0. The molecule has 1 fully saturated rings. The highest BCUT2D eigenvalue weighted by atomic mass is 14.3. The molecule has 3 aromatic carbocycles. The van der Waals surface area contributed by atoms with Gasteiger partial charge in [-0.15, -0.1) is 0 Å². The monoisotopic (exact) mass is 442 g/mol. The predicted molar refractivity (Wildman–Crippen MR) is 147 cm³/mol. The van der Waals surface area contributed by atoms with E-state index in [9.17, 15) is 0 Å². The Balaban J connectivity index is 1.19. The number of fused-ring (bicyclic) bond motifs is 2. The molecule has 0 heteroatoms. The van der Waals surface area contributed by atoms with Crippen LogP contribution in [0.25, 0.3) is 22.4 Å². The first kappa shape index (κ1) is 21.4. The van der Waals surface area contributed by atoms with Gasteiger partial charge in [0.1, 0.15) is 0 Å². The van der Waals surface area contributed by atoms with Crippen LogP contribution in [-0.2, 0) is 12.8 Å². The first-order chi connectivity index (χ1) is 16.7. The Labute approximate surface area is 204 Å². The summed E-state index contributed by atoms with van der Waals surface area (Å²) in [5.41, 5.74) is 11.3. The second-order valence-electron chi connectivity index (χ2n) is 10.5. The fourth-order valence-corrected chi connectivity index (χ4v) is 6.33. The molecule has 0 saturated heterocycles. The van der Waals surface area contributed by atoms with Gasteiger partial charge in [-0.3, -0.25) is 0 Å². The third-order valence-corrected chi connectivity index (χ3v) is 8.12. The van der Waals surface area contributed by atoms with Gasteiger partial charge < -0.3 is 0 Å². The smallest absolute Gasteiger partial charge is 0.00137 e. The van der Waals surface area contributed by atoms with Crippen LogP contribution in [0.4, 0.5) is 0 Å². The van der Waals surface area contributed by atoms with Gasteiger partial charge >= 0.3 is 0 Å². The standard InChI is InChI=1S/C34H34/c1-24(32-15-7-12-27-11-5-6-14-34(27)32)19-29-13-8-16-33(29)31-22-28-18-17-26(21-30(28)23-31)20-25-9-3-2-4-10-25/h5-7,11-18,21,23,25H,1-4,8-10,19-20,22H2. The summed E-state index contributed by atoms with van der Waals surface area (Å²) in [6.45, 7) is 4.52. The van der Waals surface area contributed by atoms with E-state index in [4.69, 9.17) is 0 Å². The summed E-state index contributed by atoms with van der Waals surface area (Å²) >= 11 is 0. The van der Waals surface area contributed by atoms with Crippen molar-refractivity contribution in [1.29, 1.82) is 0 Å². The molecule has 1 saturated carbocycles. The first-order valence-electron chi connectivity index (χ1n) is 13.1. The lowest BCUT2D eigenvalue weighted by Gasteiger charge is -2.21. The van der Waals surface area contributed by atoms with Crippen LogP contribution >= 0.6 is 0 Å². The van der Waals surface area contributed by atoms with Crippen LogP contribution in [0.2, 0.25) is 0 Å². The highest BCUT2D eigenvalue weighted by molar-refractivity contribution is 5.94. The van der Waals surface area contributed by atoms with Crippen molar-refractivity contribution in [3.8, 4) is 0 Å². The molecule has 0 radical (unpaired) electrons. The maximum absolute atomic E-state index is 4.52. The lowest BCUT2D eigenvalue weighted by atomic mass is 9.84. The van der Waals surface area contributed by atoms with E-state index in [0.29, 0.717) is 0 Å². The quantitative estimate of drug-likeness (QED) is 0.357. The second-order valence-corrected chi connectivity index (χ2v) is 10.5. The van der Waals surface area contributed by atoms with Crippen molar-refractivity contribution in [2.24, 2.45) is 5.92 Å². The van der Waals surface area contributed by atoms with Gasteiger partial charge in [0, 0.05) is 0 Å². The molecule has 0 amide bonds. The summed E-state index contributed by atoms with van der Waals surface area (Å²) in [4.78, 5) is 0. The van der Waals surface area contributed by atoms with Crippen molar-refractivity contribution >= 4 is 22.4 Å². The normalized spacial score (nSPS) is 17.9. The maximum Gasteiger partial charge on any atom is -0.00137 e. The van der Waals surface area contributed by atoms with E-state index < -0.39 is 0 Å². The Morgan fingerprint density at radius 1 is 0.882 bits per heavy atom. The molecule has 3 aliphatic carbocycles. The van der Waals surface area contributed by atoms with E-state index in [1.165, 1.54) is 93.8 Å². The molecule has 0 N–H and O–H groups in total. The SMILES string of the molecule is C=C(CC1=CCC=C1C1=Cc2cc(CC3CCCCC3)ccc2C1)c1cccc2ccccc12. The average molecular weight is 443 g/mol. The van der Waals surface area contributed by atoms with Gasteiger partial charge in [0.15, 0.2) is 0 Å². The highest BCUT2D eigenvalue weighted by Crippen LogP contribution is 2.40. The number of hydrogen-bond donors (Lipinski definition) is 0. The maximum atomic E-state index is 4.52. The Morgan fingerprint density at radius 2 is 1.74 bits per heavy atom. The number of hydrogen-bond acceptors (Lipinski definition) is 0. The van der Waals surface area contributed by atoms with Crippen LogP contribution < -0.4 is 0 Å². The number of rotatable bonds is 6. The van der Waals surface area contributed by atoms with E-state index >= 15 is 0 Å². The minimum atomic E-state index is 0.892. The molecule has 0 atom stereocenters. The molecule has 0 unspecified atom stereocenters. The van der Waals surface area contributed by atoms with Crippen LogP contribution in [0.5, 0.6) is 0 Å². The van der Waals surface area contributed by atoms with E-state index in [2.05, 4.69) is 85.5 Å². The van der Waals surface area contributed by atoms with Crippen molar-refractivity contribution in [1.82, 2.24) is 0 Å². The molecule has 0 nitrogen and oxygen atoms in total. The van der Waals surface area contributed by atoms with Gasteiger partial charge in [-0.05, 0) is 86.9 Å². The van der Waals surface area contributed by atoms with Gasteiger partial charge in [0.25, 0.3) is 0 Å². The van der Waals surface area contributed by atoms with Gasteiger partial charge in [-0.25, -0.2) is 0 Å². The summed E-state index contributed by atoms with van der Waals surface area (Å²) in [5.74, 6) is 0.892. The van der Waals surface area contributed by atoms with E-state index in [1.807, 2.05) is 0 Å². The molecule has 0 aliphatic heterocycles. The molecule has 3 aromatic rings. The molecular formula is C34H34. The lowest BCUT2D eigenvalue weighted by Crippen LogP contribution is -2.09. The summed E-state index contributed by atoms with van der Waals surface area (Å²) in [5, 5.41) is 2.59. The van der Waals surface area contributed by atoms with Crippen LogP contribution in [0.1, 0.15) is 67.2 Å². The predicted octanol–water partition coefficient (Wildman–Crippen LogP) is 9.26. The van der Waals surface area contributed by atoms with Gasteiger partial charge in [0.05, 0.1) is 0 Å². The Kier molecular flexibility index (Phi) is 5.83. The zero-order valence-corrected chi connectivity index (χ0v) is 20.2. The molecule has 0 aromatic heterocycles. The van der Waals surface area contributed by atoms with Crippen LogP contribution in [0.15, 0.2) is 96.1 Å². The lowest BCUT2D eigenvalue weighted by molar-refractivity contribution is 0.356. The van der Waals surface area contributed by atoms with E-state index in [-0.39, 0.29) is 0 Å². The molecule has 6 rings (SSSR count). The largest absolute Gasteiger partial charge is 0.0949 e. The van der Waals surface area contributed by atoms with E-state index in [1.54, 1.807) is 0 Å². The third-order valence-electron chi connectivity index (χ3n) is 8.12. The van der Waals surface area contributed by atoms with Gasteiger partial charge in [-0.2, -0.15) is 0 Å². The van der Waals surface area contributed by atoms with Gasteiger partial charge in [-0.1, -0.05) is 118 Å². The van der Waals surface area contributed by atoms with Crippen molar-refractivity contribution in [3.05, 3.63) is 118 Å². The zero-order valence-electron chi connectivity index (χ0n) is 20.2. The molecule has 3 aliphatic rings. The van der Waals surface area contributed by atoms with E-state index in [0.717, 1.165) is 25.2 Å². The van der Waals surface area contributed by atoms with Crippen molar-refractivity contribution in [2.75, 3.05) is 0 Å². The number of benzene rings is 3. The van der Waals surface area contributed by atoms with Crippen molar-refractivity contribution < 1.29 is 0 Å². The molecule has 170 valence electrons. The second kappa shape index (κ2) is 9.26. The summed E-state index contributed by atoms with van der Waals surface area (Å²) in [6, 6.07) is 22.5. The minimum absolute atomic E-state index is 0.892. The average Bonchev–Trinajstić information content (AvgIpc) is 3.50. The zero-order chi connectivity index (χ0) is 22.9. The Morgan fingerprint density at radius 3 is 2.65 bits per heavy atom. The summed E-state index contributed by atoms with van der Waals surface area (Å²) in [7, 11) is 0. The fourth-order valence-electron chi connectivity index (χ4n) is 6.33. The number of allylic oxidation sites excluding steroid dienone is 6.